The smallest absolute Gasteiger partial charge is 0.402 e. The second kappa shape index (κ2) is 18.2. The Balaban J connectivity index is -0.000000157. The van der Waals surface area contributed by atoms with Crippen molar-refractivity contribution in [3.63, 3.8) is 0 Å². The number of rotatable bonds is 8. The molecule has 0 heterocycles. The van der Waals surface area contributed by atoms with E-state index in [4.69, 9.17) is 50.7 Å². The van der Waals surface area contributed by atoms with Crippen molar-refractivity contribution in [2.45, 2.75) is 117 Å². The van der Waals surface area contributed by atoms with E-state index in [-0.39, 0.29) is 0 Å². The van der Waals surface area contributed by atoms with Crippen molar-refractivity contribution in [1.29, 1.82) is 0 Å². The molecule has 0 aliphatic carbocycles. The van der Waals surface area contributed by atoms with Gasteiger partial charge in [-0.15, -0.1) is 0 Å². The summed E-state index contributed by atoms with van der Waals surface area (Å²) in [4.78, 5) is 0. The Morgan fingerprint density at radius 3 is 0.710 bits per heavy atom. The molecule has 0 radical (unpaired) electrons. The highest BCUT2D eigenvalue weighted by molar-refractivity contribution is 6.48. The van der Waals surface area contributed by atoms with Gasteiger partial charge in [0.2, 0.25) is 0 Å². The number of hydrogen-bond donors (Lipinski definition) is 10. The quantitative estimate of drug-likeness (QED) is 0.189. The van der Waals surface area contributed by atoms with Crippen molar-refractivity contribution < 1.29 is 55.3 Å². The monoisotopic (exact) mass is 460 g/mol. The Labute approximate surface area is 187 Å². The second-order valence-corrected chi connectivity index (χ2v) is 9.39. The normalized spacial score (nSPS) is 14.4. The summed E-state index contributed by atoms with van der Waals surface area (Å²) >= 11 is 0. The fraction of sp³-hybridized carbons (Fsp3) is 1.00. The molecule has 3 atom stereocenters. The molecule has 10 N–H and O–H groups in total. The van der Waals surface area contributed by atoms with Crippen LogP contribution in [0, 0.1) is 0 Å². The van der Waals surface area contributed by atoms with E-state index < -0.39 is 49.8 Å². The maximum Gasteiger partial charge on any atom is 0.621 e. The highest BCUT2D eigenvalue weighted by Crippen LogP contribution is 2.10. The second-order valence-electron chi connectivity index (χ2n) is 9.39. The van der Waals surface area contributed by atoms with E-state index in [1.165, 1.54) is 0 Å². The predicted octanol–water partition coefficient (Wildman–Crippen LogP) is -1.47. The molecule has 31 heavy (non-hydrogen) atoms. The molecule has 0 saturated heterocycles. The molecule has 0 aromatic carbocycles. The Morgan fingerprint density at radius 1 is 0.548 bits per heavy atom. The largest absolute Gasteiger partial charge is 0.621 e. The summed E-state index contributed by atoms with van der Waals surface area (Å²) in [6.07, 6.45) is 0.0903. The lowest BCUT2D eigenvalue weighted by molar-refractivity contribution is 0.0238. The Hall–Kier alpha value is -0.310. The third kappa shape index (κ3) is 65.2. The first-order valence-electron chi connectivity index (χ1n) is 9.97. The molecule has 0 rings (SSSR count). The fourth-order valence-electron chi connectivity index (χ4n) is 2.28. The average molecular weight is 460 g/mol. The average Bonchev–Trinajstić information content (AvgIpc) is 2.28. The molecule has 0 bridgehead atoms. The Morgan fingerprint density at radius 2 is 0.710 bits per heavy atom. The van der Waals surface area contributed by atoms with Crippen LogP contribution in [-0.2, 0) is 4.57 Å². The molecule has 0 aliphatic rings. The van der Waals surface area contributed by atoms with E-state index in [9.17, 15) is 0 Å². The topological polar surface area (TPSA) is 212 Å². The fourth-order valence-corrected chi connectivity index (χ4v) is 2.28. The minimum Gasteiger partial charge on any atom is -0.402 e. The SMILES string of the molecule is CC(O)CC(C)(C)O.CC(O)CC(C)(C)O.CC(O)CC(C)(C)O.OB(O)OB(O)O. The highest BCUT2D eigenvalue weighted by Gasteiger charge is 2.18. The van der Waals surface area contributed by atoms with E-state index >= 15 is 0 Å². The molecule has 0 aliphatic heterocycles. The first-order chi connectivity index (χ1) is 13.4. The van der Waals surface area contributed by atoms with Crippen molar-refractivity contribution >= 4 is 14.6 Å². The van der Waals surface area contributed by atoms with Crippen LogP contribution in [0.2, 0.25) is 0 Å². The van der Waals surface area contributed by atoms with Crippen LogP contribution in [0.3, 0.4) is 0 Å². The Kier molecular flexibility index (Phi) is 22.2. The lowest BCUT2D eigenvalue weighted by Crippen LogP contribution is -2.28. The first kappa shape index (κ1) is 38.0. The van der Waals surface area contributed by atoms with E-state index in [1.807, 2.05) is 0 Å². The zero-order chi connectivity index (χ0) is 26.2. The lowest BCUT2D eigenvalue weighted by atomic mass is 10.0. The van der Waals surface area contributed by atoms with Gasteiger partial charge in [-0.25, -0.2) is 0 Å². The molecular formula is C18H46B2O11. The molecule has 0 fully saturated rings. The van der Waals surface area contributed by atoms with E-state index in [0.29, 0.717) is 19.3 Å². The van der Waals surface area contributed by atoms with Crippen LogP contribution in [0.1, 0.15) is 81.6 Å². The van der Waals surface area contributed by atoms with Crippen LogP contribution in [0.4, 0.5) is 0 Å². The minimum atomic E-state index is -2.13. The van der Waals surface area contributed by atoms with Gasteiger partial charge in [0, 0.05) is 19.3 Å². The van der Waals surface area contributed by atoms with Crippen LogP contribution >= 0.6 is 0 Å². The maximum absolute atomic E-state index is 9.03. The lowest BCUT2D eigenvalue weighted by Gasteiger charge is -2.18. The van der Waals surface area contributed by atoms with Gasteiger partial charge < -0.3 is 55.3 Å². The summed E-state index contributed by atoms with van der Waals surface area (Å²) in [6.45, 7) is 15.1. The van der Waals surface area contributed by atoms with Gasteiger partial charge in [0.15, 0.2) is 0 Å². The summed E-state index contributed by atoms with van der Waals surface area (Å²) in [5.41, 5.74) is -2.18. The van der Waals surface area contributed by atoms with Gasteiger partial charge in [-0.1, -0.05) is 0 Å². The van der Waals surface area contributed by atoms with Crippen LogP contribution < -0.4 is 0 Å². The molecule has 0 spiro atoms. The first-order valence-corrected chi connectivity index (χ1v) is 9.97. The summed E-state index contributed by atoms with van der Waals surface area (Å²) in [7, 11) is -4.25. The molecular weight excluding hydrogens is 414 g/mol. The summed E-state index contributed by atoms with van der Waals surface area (Å²) in [5.74, 6) is 0. The van der Waals surface area contributed by atoms with E-state index in [2.05, 4.69) is 4.57 Å². The standard InChI is InChI=1S/3C6H14O2.B2H4O5/c3*1-5(7)4-6(2,3)8;3-1(4)7-2(5)6/h3*5,7-8H,4H2,1-3H3;3-6H. The third-order valence-corrected chi connectivity index (χ3v) is 2.63. The molecule has 13 heteroatoms. The number of aliphatic hydroxyl groups is 6. The minimum absolute atomic E-state index is 0.407. The highest BCUT2D eigenvalue weighted by atomic mass is 16.7. The molecule has 190 valence electrons. The van der Waals surface area contributed by atoms with Crippen LogP contribution in [0.25, 0.3) is 0 Å². The molecule has 3 unspecified atom stereocenters. The van der Waals surface area contributed by atoms with Gasteiger partial charge in [0.25, 0.3) is 0 Å². The number of aliphatic hydroxyl groups excluding tert-OH is 3. The van der Waals surface area contributed by atoms with Gasteiger partial charge in [-0.3, -0.25) is 0 Å². The van der Waals surface area contributed by atoms with E-state index in [1.54, 1.807) is 62.3 Å². The van der Waals surface area contributed by atoms with Gasteiger partial charge in [-0.2, -0.15) is 0 Å². The number of hydrogen-bond acceptors (Lipinski definition) is 11. The van der Waals surface area contributed by atoms with Crippen molar-refractivity contribution in [2.75, 3.05) is 0 Å². The van der Waals surface area contributed by atoms with Crippen LogP contribution in [-0.4, -0.2) is 100 Å². The summed E-state index contributed by atoms with van der Waals surface area (Å²) < 4.78 is 3.47. The third-order valence-electron chi connectivity index (χ3n) is 2.63. The molecule has 0 aromatic heterocycles. The Bertz CT molecular complexity index is 332. The van der Waals surface area contributed by atoms with Gasteiger partial charge in [0.1, 0.15) is 0 Å². The van der Waals surface area contributed by atoms with Crippen molar-refractivity contribution in [2.24, 2.45) is 0 Å². The van der Waals surface area contributed by atoms with E-state index in [0.717, 1.165) is 0 Å². The van der Waals surface area contributed by atoms with Crippen LogP contribution in [0.5, 0.6) is 0 Å². The maximum atomic E-state index is 9.03. The summed E-state index contributed by atoms with van der Waals surface area (Å²) in [6, 6.07) is 0. The van der Waals surface area contributed by atoms with Gasteiger partial charge in [0.05, 0.1) is 35.1 Å². The van der Waals surface area contributed by atoms with Gasteiger partial charge >= 0.3 is 14.6 Å². The van der Waals surface area contributed by atoms with Gasteiger partial charge in [-0.05, 0) is 62.3 Å². The molecule has 0 aromatic rings. The van der Waals surface area contributed by atoms with Crippen molar-refractivity contribution in [3.8, 4) is 0 Å². The molecule has 11 nitrogen and oxygen atoms in total. The van der Waals surface area contributed by atoms with Crippen molar-refractivity contribution in [1.82, 2.24) is 0 Å². The predicted molar refractivity (Wildman–Crippen MR) is 119 cm³/mol. The van der Waals surface area contributed by atoms with Crippen molar-refractivity contribution in [3.05, 3.63) is 0 Å². The molecule has 0 amide bonds. The summed E-state index contributed by atoms with van der Waals surface area (Å²) in [5, 5.41) is 84.2. The van der Waals surface area contributed by atoms with Crippen LogP contribution in [0.15, 0.2) is 0 Å². The zero-order valence-corrected chi connectivity index (χ0v) is 20.4. The zero-order valence-electron chi connectivity index (χ0n) is 20.4. The molecule has 0 saturated carbocycles.